The first kappa shape index (κ1) is 21.9. The Labute approximate surface area is 182 Å². The van der Waals surface area contributed by atoms with E-state index in [9.17, 15) is 4.79 Å². The Morgan fingerprint density at radius 3 is 2.63 bits per heavy atom. The molecule has 0 saturated heterocycles. The third-order valence-corrected chi connectivity index (χ3v) is 5.08. The number of carbonyl (C=O) groups is 1. The van der Waals surface area contributed by atoms with E-state index in [1.165, 1.54) is 12.8 Å². The van der Waals surface area contributed by atoms with Crippen molar-refractivity contribution < 1.29 is 9.53 Å². The molecule has 0 radical (unpaired) electrons. The average Bonchev–Trinajstić information content (AvgIpc) is 2.62. The van der Waals surface area contributed by atoms with Crippen LogP contribution in [0.4, 0.5) is 5.69 Å². The number of thiocarbonyl (C=S) groups is 1. The highest BCUT2D eigenvalue weighted by molar-refractivity contribution is 9.10. The fourth-order valence-corrected chi connectivity index (χ4v) is 3.48. The highest BCUT2D eigenvalue weighted by atomic mass is 79.9. The standard InChI is InChI=1S/C20H22Br2N2O2S/c1-2-3-4-5-11-26-18-10-9-14(12-17(18)22)19(25)24-20(27)23-16-8-6-7-15(21)13-16/h6-10,12-13H,2-5,11H2,1H3,(H2,23,24,25,27). The number of amides is 1. The van der Waals surface area contributed by atoms with E-state index in [1.807, 2.05) is 24.3 Å². The van der Waals surface area contributed by atoms with Crippen molar-refractivity contribution in [3.8, 4) is 5.75 Å². The molecule has 0 aliphatic heterocycles. The number of ether oxygens (including phenoxy) is 1. The quantitative estimate of drug-likeness (QED) is 0.321. The zero-order valence-corrected chi connectivity index (χ0v) is 19.0. The predicted molar refractivity (Wildman–Crippen MR) is 122 cm³/mol. The highest BCUT2D eigenvalue weighted by Crippen LogP contribution is 2.26. The molecule has 7 heteroatoms. The van der Waals surface area contributed by atoms with Crippen LogP contribution in [-0.4, -0.2) is 17.6 Å². The van der Waals surface area contributed by atoms with Crippen LogP contribution in [0.1, 0.15) is 43.0 Å². The van der Waals surface area contributed by atoms with Gasteiger partial charge in [0, 0.05) is 15.7 Å². The number of anilines is 1. The summed E-state index contributed by atoms with van der Waals surface area (Å²) in [4.78, 5) is 12.4. The molecule has 2 N–H and O–H groups in total. The van der Waals surface area contributed by atoms with Gasteiger partial charge in [-0.2, -0.15) is 0 Å². The van der Waals surface area contributed by atoms with Gasteiger partial charge in [-0.3, -0.25) is 10.1 Å². The molecular weight excluding hydrogens is 492 g/mol. The summed E-state index contributed by atoms with van der Waals surface area (Å²) < 4.78 is 7.44. The molecule has 0 fully saturated rings. The minimum absolute atomic E-state index is 0.241. The van der Waals surface area contributed by atoms with Gasteiger partial charge in [0.05, 0.1) is 11.1 Å². The van der Waals surface area contributed by atoms with Crippen LogP contribution < -0.4 is 15.4 Å². The Morgan fingerprint density at radius 2 is 1.93 bits per heavy atom. The normalized spacial score (nSPS) is 10.3. The molecule has 0 atom stereocenters. The topological polar surface area (TPSA) is 50.4 Å². The summed E-state index contributed by atoms with van der Waals surface area (Å²) >= 11 is 12.1. The van der Waals surface area contributed by atoms with Gasteiger partial charge in [0.15, 0.2) is 5.11 Å². The van der Waals surface area contributed by atoms with Crippen molar-refractivity contribution in [3.05, 3.63) is 57.0 Å². The van der Waals surface area contributed by atoms with Gasteiger partial charge in [-0.15, -0.1) is 0 Å². The first-order chi connectivity index (χ1) is 13.0. The van der Waals surface area contributed by atoms with Crippen LogP contribution in [-0.2, 0) is 0 Å². The zero-order valence-electron chi connectivity index (χ0n) is 15.1. The summed E-state index contributed by atoms with van der Waals surface area (Å²) in [5.41, 5.74) is 1.29. The SMILES string of the molecule is CCCCCCOc1ccc(C(=O)NC(=S)Nc2cccc(Br)c2)cc1Br. The lowest BCUT2D eigenvalue weighted by atomic mass is 10.2. The maximum atomic E-state index is 12.4. The third kappa shape index (κ3) is 7.60. The molecule has 2 rings (SSSR count). The Hall–Kier alpha value is -1.44. The highest BCUT2D eigenvalue weighted by Gasteiger charge is 2.11. The van der Waals surface area contributed by atoms with Gasteiger partial charge in [0.1, 0.15) is 5.75 Å². The van der Waals surface area contributed by atoms with Crippen LogP contribution >= 0.6 is 44.1 Å². The molecule has 0 aliphatic rings. The first-order valence-electron chi connectivity index (χ1n) is 8.80. The maximum absolute atomic E-state index is 12.4. The zero-order chi connectivity index (χ0) is 19.6. The Morgan fingerprint density at radius 1 is 1.11 bits per heavy atom. The monoisotopic (exact) mass is 512 g/mol. The minimum Gasteiger partial charge on any atom is -0.492 e. The number of unbranched alkanes of at least 4 members (excludes halogenated alkanes) is 3. The third-order valence-electron chi connectivity index (χ3n) is 3.76. The van der Waals surface area contributed by atoms with E-state index in [0.717, 1.165) is 33.2 Å². The van der Waals surface area contributed by atoms with E-state index in [2.05, 4.69) is 49.4 Å². The molecule has 2 aromatic carbocycles. The van der Waals surface area contributed by atoms with E-state index < -0.39 is 0 Å². The van der Waals surface area contributed by atoms with Gasteiger partial charge >= 0.3 is 0 Å². The van der Waals surface area contributed by atoms with Gasteiger partial charge in [-0.25, -0.2) is 0 Å². The van der Waals surface area contributed by atoms with Crippen LogP contribution in [0.5, 0.6) is 5.75 Å². The summed E-state index contributed by atoms with van der Waals surface area (Å²) in [6, 6.07) is 12.8. The molecule has 1 amide bonds. The molecule has 0 spiro atoms. The first-order valence-corrected chi connectivity index (χ1v) is 10.8. The fourth-order valence-electron chi connectivity index (χ4n) is 2.37. The molecular formula is C20H22Br2N2O2S. The lowest BCUT2D eigenvalue weighted by Crippen LogP contribution is -2.34. The molecule has 0 aromatic heterocycles. The van der Waals surface area contributed by atoms with Crippen LogP contribution in [0.15, 0.2) is 51.4 Å². The van der Waals surface area contributed by atoms with Crippen LogP contribution in [0.2, 0.25) is 0 Å². The summed E-state index contributed by atoms with van der Waals surface area (Å²) in [7, 11) is 0. The minimum atomic E-state index is -0.280. The molecule has 2 aromatic rings. The number of carbonyl (C=O) groups excluding carboxylic acids is 1. The van der Waals surface area contributed by atoms with Crippen molar-refractivity contribution in [2.24, 2.45) is 0 Å². The second-order valence-electron chi connectivity index (χ2n) is 5.97. The van der Waals surface area contributed by atoms with E-state index >= 15 is 0 Å². The van der Waals surface area contributed by atoms with Gasteiger partial charge in [-0.05, 0) is 71.0 Å². The smallest absolute Gasteiger partial charge is 0.257 e. The van der Waals surface area contributed by atoms with Crippen LogP contribution in [0.25, 0.3) is 0 Å². The van der Waals surface area contributed by atoms with Crippen molar-refractivity contribution in [3.63, 3.8) is 0 Å². The molecule has 27 heavy (non-hydrogen) atoms. The number of hydrogen-bond donors (Lipinski definition) is 2. The summed E-state index contributed by atoms with van der Waals surface area (Å²) in [6.45, 7) is 2.85. The predicted octanol–water partition coefficient (Wildman–Crippen LogP) is 6.30. The average molecular weight is 514 g/mol. The van der Waals surface area contributed by atoms with Gasteiger partial charge in [0.25, 0.3) is 5.91 Å². The van der Waals surface area contributed by atoms with E-state index in [0.29, 0.717) is 12.2 Å². The summed E-state index contributed by atoms with van der Waals surface area (Å²) in [5, 5.41) is 5.91. The van der Waals surface area contributed by atoms with Gasteiger partial charge < -0.3 is 10.1 Å². The van der Waals surface area contributed by atoms with E-state index in [-0.39, 0.29) is 11.0 Å². The van der Waals surface area contributed by atoms with Gasteiger partial charge in [0.2, 0.25) is 0 Å². The second kappa shape index (κ2) is 11.4. The summed E-state index contributed by atoms with van der Waals surface area (Å²) in [6.07, 6.45) is 4.61. The van der Waals surface area contributed by atoms with Gasteiger partial charge in [-0.1, -0.05) is 48.2 Å². The lowest BCUT2D eigenvalue weighted by molar-refractivity contribution is 0.0977. The molecule has 0 saturated carbocycles. The van der Waals surface area contributed by atoms with Crippen molar-refractivity contribution in [1.29, 1.82) is 0 Å². The molecule has 4 nitrogen and oxygen atoms in total. The van der Waals surface area contributed by atoms with E-state index in [1.54, 1.807) is 18.2 Å². The fraction of sp³-hybridized carbons (Fsp3) is 0.300. The number of hydrogen-bond acceptors (Lipinski definition) is 3. The van der Waals surface area contributed by atoms with Crippen molar-refractivity contribution in [2.45, 2.75) is 32.6 Å². The number of nitrogens with one attached hydrogen (secondary N) is 2. The number of benzene rings is 2. The second-order valence-corrected chi connectivity index (χ2v) is 8.15. The molecule has 0 bridgehead atoms. The van der Waals surface area contributed by atoms with Crippen molar-refractivity contribution in [1.82, 2.24) is 5.32 Å². The largest absolute Gasteiger partial charge is 0.492 e. The lowest BCUT2D eigenvalue weighted by Gasteiger charge is -2.12. The molecule has 144 valence electrons. The van der Waals surface area contributed by atoms with Crippen LogP contribution in [0, 0.1) is 0 Å². The molecule has 0 heterocycles. The summed E-state index contributed by atoms with van der Waals surface area (Å²) in [5.74, 6) is 0.454. The molecule has 0 unspecified atom stereocenters. The Balaban J connectivity index is 1.88. The van der Waals surface area contributed by atoms with Crippen LogP contribution in [0.3, 0.4) is 0 Å². The van der Waals surface area contributed by atoms with E-state index in [4.69, 9.17) is 17.0 Å². The molecule has 0 aliphatic carbocycles. The number of rotatable bonds is 8. The van der Waals surface area contributed by atoms with Crippen molar-refractivity contribution >= 4 is 60.8 Å². The Bertz CT molecular complexity index is 799. The number of halogens is 2. The maximum Gasteiger partial charge on any atom is 0.257 e. The Kier molecular flexibility index (Phi) is 9.24. The van der Waals surface area contributed by atoms with Crippen molar-refractivity contribution in [2.75, 3.05) is 11.9 Å².